The van der Waals surface area contributed by atoms with Gasteiger partial charge in [0.1, 0.15) is 0 Å². The number of morpholine rings is 1. The molecule has 0 spiro atoms. The number of amides is 1. The molecule has 1 aromatic carbocycles. The lowest BCUT2D eigenvalue weighted by Crippen LogP contribution is -2.50. The Morgan fingerprint density at radius 3 is 2.76 bits per heavy atom. The predicted molar refractivity (Wildman–Crippen MR) is 94.0 cm³/mol. The molecule has 1 aliphatic heterocycles. The quantitative estimate of drug-likeness (QED) is 0.835. The van der Waals surface area contributed by atoms with Crippen molar-refractivity contribution in [1.82, 2.24) is 15.0 Å². The number of aromatic nitrogens is 2. The molecule has 1 saturated heterocycles. The first-order valence-corrected chi connectivity index (χ1v) is 8.89. The van der Waals surface area contributed by atoms with Gasteiger partial charge in [0, 0.05) is 24.9 Å². The molecule has 1 aliphatic rings. The zero-order chi connectivity index (χ0) is 17.8. The van der Waals surface area contributed by atoms with Gasteiger partial charge < -0.3 is 14.2 Å². The number of benzene rings is 1. The Balaban J connectivity index is 1.58. The van der Waals surface area contributed by atoms with Gasteiger partial charge in [0.15, 0.2) is 0 Å². The van der Waals surface area contributed by atoms with E-state index in [-0.39, 0.29) is 18.1 Å². The molecule has 1 amide bonds. The maximum Gasteiger partial charge on any atom is 0.227 e. The van der Waals surface area contributed by atoms with Crippen molar-refractivity contribution in [1.29, 1.82) is 0 Å². The van der Waals surface area contributed by atoms with E-state index in [0.717, 1.165) is 12.0 Å². The Bertz CT molecular complexity index is 711. The third-order valence-corrected chi connectivity index (χ3v) is 4.57. The minimum Gasteiger partial charge on any atom is -0.375 e. The van der Waals surface area contributed by atoms with E-state index in [1.807, 2.05) is 30.9 Å². The SMILES string of the molecule is CCc1ccc(-c2noc(CCC(=O)N3C[C@@H](C)OC[C@@H]3C)n2)cc1. The second-order valence-electron chi connectivity index (χ2n) is 6.60. The second-order valence-corrected chi connectivity index (χ2v) is 6.60. The largest absolute Gasteiger partial charge is 0.375 e. The van der Waals surface area contributed by atoms with E-state index in [9.17, 15) is 4.79 Å². The number of ether oxygens (including phenoxy) is 1. The van der Waals surface area contributed by atoms with Crippen molar-refractivity contribution in [2.24, 2.45) is 0 Å². The van der Waals surface area contributed by atoms with E-state index in [0.29, 0.717) is 37.7 Å². The van der Waals surface area contributed by atoms with Gasteiger partial charge in [0.25, 0.3) is 0 Å². The zero-order valence-corrected chi connectivity index (χ0v) is 15.1. The standard InChI is InChI=1S/C19H25N3O3/c1-4-15-5-7-16(8-6-15)19-20-17(25-21-19)9-10-18(23)22-11-14(3)24-12-13(22)2/h5-8,13-14H,4,9-12H2,1-3H3/t13-,14+/m0/s1. The maximum atomic E-state index is 12.5. The summed E-state index contributed by atoms with van der Waals surface area (Å²) in [6, 6.07) is 8.23. The first kappa shape index (κ1) is 17.6. The first-order chi connectivity index (χ1) is 12.1. The van der Waals surface area contributed by atoms with Gasteiger partial charge in [-0.05, 0) is 25.8 Å². The van der Waals surface area contributed by atoms with Crippen LogP contribution in [0.1, 0.15) is 38.6 Å². The molecule has 0 radical (unpaired) electrons. The van der Waals surface area contributed by atoms with Crippen LogP contribution in [0, 0.1) is 0 Å². The van der Waals surface area contributed by atoms with Crippen LogP contribution in [0.5, 0.6) is 0 Å². The maximum absolute atomic E-state index is 12.5. The first-order valence-electron chi connectivity index (χ1n) is 8.89. The summed E-state index contributed by atoms with van der Waals surface area (Å²) in [6.07, 6.45) is 1.91. The van der Waals surface area contributed by atoms with Gasteiger partial charge in [-0.15, -0.1) is 0 Å². The Morgan fingerprint density at radius 2 is 2.04 bits per heavy atom. The minimum absolute atomic E-state index is 0.0845. The molecule has 6 nitrogen and oxygen atoms in total. The Morgan fingerprint density at radius 1 is 1.28 bits per heavy atom. The molecule has 6 heteroatoms. The fraction of sp³-hybridized carbons (Fsp3) is 0.526. The molecule has 0 N–H and O–H groups in total. The third kappa shape index (κ3) is 4.25. The number of hydrogen-bond donors (Lipinski definition) is 0. The Hall–Kier alpha value is -2.21. The summed E-state index contributed by atoms with van der Waals surface area (Å²) < 4.78 is 10.9. The number of carbonyl (C=O) groups is 1. The highest BCUT2D eigenvalue weighted by molar-refractivity contribution is 5.76. The van der Waals surface area contributed by atoms with Crippen molar-refractivity contribution in [3.63, 3.8) is 0 Å². The molecule has 2 aromatic rings. The molecule has 25 heavy (non-hydrogen) atoms. The molecule has 0 saturated carbocycles. The predicted octanol–water partition coefficient (Wildman–Crippen LogP) is 2.87. The third-order valence-electron chi connectivity index (χ3n) is 4.57. The summed E-state index contributed by atoms with van der Waals surface area (Å²) in [7, 11) is 0. The summed E-state index contributed by atoms with van der Waals surface area (Å²) in [4.78, 5) is 18.8. The summed E-state index contributed by atoms with van der Waals surface area (Å²) in [5.74, 6) is 1.17. The molecule has 0 unspecified atom stereocenters. The van der Waals surface area contributed by atoms with Crippen molar-refractivity contribution >= 4 is 5.91 Å². The molecular weight excluding hydrogens is 318 g/mol. The number of carbonyl (C=O) groups excluding carboxylic acids is 1. The highest BCUT2D eigenvalue weighted by atomic mass is 16.5. The summed E-state index contributed by atoms with van der Waals surface area (Å²) in [5, 5.41) is 4.03. The Kier molecular flexibility index (Phi) is 5.48. The van der Waals surface area contributed by atoms with E-state index in [4.69, 9.17) is 9.26 Å². The molecular formula is C19H25N3O3. The zero-order valence-electron chi connectivity index (χ0n) is 15.1. The van der Waals surface area contributed by atoms with Gasteiger partial charge in [0.2, 0.25) is 17.6 Å². The van der Waals surface area contributed by atoms with Gasteiger partial charge in [-0.2, -0.15) is 4.98 Å². The van der Waals surface area contributed by atoms with Gasteiger partial charge >= 0.3 is 0 Å². The van der Waals surface area contributed by atoms with Crippen molar-refractivity contribution in [3.8, 4) is 11.4 Å². The molecule has 0 aliphatic carbocycles. The van der Waals surface area contributed by atoms with Crippen LogP contribution in [0.3, 0.4) is 0 Å². The number of rotatable bonds is 5. The van der Waals surface area contributed by atoms with E-state index in [2.05, 4.69) is 29.2 Å². The van der Waals surface area contributed by atoms with Crippen molar-refractivity contribution < 1.29 is 14.1 Å². The molecule has 134 valence electrons. The Labute approximate surface area is 148 Å². The topological polar surface area (TPSA) is 68.5 Å². The summed E-state index contributed by atoms with van der Waals surface area (Å²) in [6.45, 7) is 7.34. The highest BCUT2D eigenvalue weighted by Crippen LogP contribution is 2.18. The fourth-order valence-corrected chi connectivity index (χ4v) is 2.97. The van der Waals surface area contributed by atoms with E-state index in [1.165, 1.54) is 5.56 Å². The second kappa shape index (κ2) is 7.78. The molecule has 1 aromatic heterocycles. The van der Waals surface area contributed by atoms with E-state index in [1.54, 1.807) is 0 Å². The van der Waals surface area contributed by atoms with Crippen LogP contribution in [-0.2, 0) is 22.4 Å². The lowest BCUT2D eigenvalue weighted by Gasteiger charge is -2.36. The lowest BCUT2D eigenvalue weighted by atomic mass is 10.1. The van der Waals surface area contributed by atoms with Crippen LogP contribution in [0.4, 0.5) is 0 Å². The highest BCUT2D eigenvalue weighted by Gasteiger charge is 2.27. The van der Waals surface area contributed by atoms with Crippen LogP contribution >= 0.6 is 0 Å². The summed E-state index contributed by atoms with van der Waals surface area (Å²) in [5.41, 5.74) is 2.20. The molecule has 2 atom stereocenters. The van der Waals surface area contributed by atoms with Crippen LogP contribution in [0.2, 0.25) is 0 Å². The monoisotopic (exact) mass is 343 g/mol. The summed E-state index contributed by atoms with van der Waals surface area (Å²) >= 11 is 0. The average Bonchev–Trinajstić information content (AvgIpc) is 3.11. The minimum atomic E-state index is 0.0845. The molecule has 1 fully saturated rings. The van der Waals surface area contributed by atoms with Crippen molar-refractivity contribution in [3.05, 3.63) is 35.7 Å². The lowest BCUT2D eigenvalue weighted by molar-refractivity contribution is -0.143. The average molecular weight is 343 g/mol. The van der Waals surface area contributed by atoms with Crippen LogP contribution in [0.25, 0.3) is 11.4 Å². The normalized spacial score (nSPS) is 20.7. The number of hydrogen-bond acceptors (Lipinski definition) is 5. The molecule has 0 bridgehead atoms. The van der Waals surface area contributed by atoms with Crippen molar-refractivity contribution in [2.45, 2.75) is 52.2 Å². The van der Waals surface area contributed by atoms with E-state index >= 15 is 0 Å². The van der Waals surface area contributed by atoms with Gasteiger partial charge in [-0.3, -0.25) is 4.79 Å². The van der Waals surface area contributed by atoms with Crippen LogP contribution < -0.4 is 0 Å². The van der Waals surface area contributed by atoms with Crippen molar-refractivity contribution in [2.75, 3.05) is 13.2 Å². The van der Waals surface area contributed by atoms with Gasteiger partial charge in [-0.1, -0.05) is 36.3 Å². The number of aryl methyl sites for hydroxylation is 2. The fourth-order valence-electron chi connectivity index (χ4n) is 2.97. The smallest absolute Gasteiger partial charge is 0.227 e. The van der Waals surface area contributed by atoms with Crippen LogP contribution in [0.15, 0.2) is 28.8 Å². The molecule has 3 rings (SSSR count). The van der Waals surface area contributed by atoms with Gasteiger partial charge in [-0.25, -0.2) is 0 Å². The van der Waals surface area contributed by atoms with E-state index < -0.39 is 0 Å². The van der Waals surface area contributed by atoms with Gasteiger partial charge in [0.05, 0.1) is 18.8 Å². The number of nitrogens with zero attached hydrogens (tertiary/aromatic N) is 3. The van der Waals surface area contributed by atoms with Crippen LogP contribution in [-0.4, -0.2) is 46.2 Å². The molecule has 2 heterocycles.